The summed E-state index contributed by atoms with van der Waals surface area (Å²) < 4.78 is 77.1. The molecule has 0 aromatic carbocycles. The molecule has 8 N–H and O–H groups in total. The molecule has 0 aromatic rings. The first-order chi connectivity index (χ1) is 6.25. The van der Waals surface area contributed by atoms with Crippen LogP contribution < -0.4 is 12.3 Å². The van der Waals surface area contributed by atoms with E-state index in [9.17, 15) is 25.9 Å². The Bertz CT molecular complexity index is 205. The fourth-order valence-electron chi connectivity index (χ4n) is 0.0952. The van der Waals surface area contributed by atoms with E-state index in [0.29, 0.717) is 0 Å². The van der Waals surface area contributed by atoms with Gasteiger partial charge in [-0.15, -0.1) is 3.63 Å². The summed E-state index contributed by atoms with van der Waals surface area (Å²) >= 11 is -11.2. The van der Waals surface area contributed by atoms with E-state index in [2.05, 4.69) is 7.26 Å². The zero-order valence-corrected chi connectivity index (χ0v) is 12.3. The smallest absolute Gasteiger partial charge is 0.749 e. The number of hydrogen-bond acceptors (Lipinski definition) is 10. The van der Waals surface area contributed by atoms with Gasteiger partial charge in [-0.25, -0.2) is 12.0 Å². The molecule has 0 heterocycles. The molecule has 0 aliphatic rings. The standard InChI is InChI=1S/2H3N.2H2O5S2.Pd/c;;2*1-6(2)5-7(3)4;/h2*1H3;2*(H,1,2)(H,3,4);/q;;;;+2/p-2. The van der Waals surface area contributed by atoms with Crippen LogP contribution in [0.2, 0.25) is 0 Å². The van der Waals surface area contributed by atoms with E-state index in [1.165, 1.54) is 0 Å². The molecular formula is H8N2O10PdS4. The molecule has 0 unspecified atom stereocenters. The van der Waals surface area contributed by atoms with Crippen molar-refractivity contribution in [2.75, 3.05) is 0 Å². The predicted octanol–water partition coefficient (Wildman–Crippen LogP) is -1.81. The minimum atomic E-state index is -2.96. The van der Waals surface area contributed by atoms with Crippen molar-refractivity contribution in [3.05, 3.63) is 0 Å². The van der Waals surface area contributed by atoms with Crippen LogP contribution in [0.4, 0.5) is 0 Å². The Balaban J connectivity index is -0.0000000480. The van der Waals surface area contributed by atoms with E-state index in [-0.39, 0.29) is 32.7 Å². The van der Waals surface area contributed by atoms with Gasteiger partial charge in [0.15, 0.2) is 0 Å². The molecule has 0 spiro atoms. The van der Waals surface area contributed by atoms with Gasteiger partial charge in [0.25, 0.3) is 0 Å². The van der Waals surface area contributed by atoms with Crippen LogP contribution in [-0.4, -0.2) is 35.0 Å². The van der Waals surface area contributed by atoms with Gasteiger partial charge in [-0.1, -0.05) is 0 Å². The normalized spacial score (nSPS) is 15.3. The molecule has 0 aromatic heterocycles. The molecule has 17 heteroatoms. The Labute approximate surface area is 120 Å². The van der Waals surface area contributed by atoms with Crippen molar-refractivity contribution in [2.45, 2.75) is 0 Å². The Morgan fingerprint density at radius 3 is 1.00 bits per heavy atom. The Kier molecular flexibility index (Phi) is 34.9. The van der Waals surface area contributed by atoms with E-state index in [1.807, 2.05) is 0 Å². The van der Waals surface area contributed by atoms with E-state index < -0.39 is 45.4 Å². The van der Waals surface area contributed by atoms with Gasteiger partial charge in [0, 0.05) is 0 Å². The summed E-state index contributed by atoms with van der Waals surface area (Å²) in [6.45, 7) is 0. The third-order valence-electron chi connectivity index (χ3n) is 0.228. The maximum atomic E-state index is 9.35. The average Bonchev–Trinajstić information content (AvgIpc) is 1.79. The first-order valence-electron chi connectivity index (χ1n) is 2.03. The molecule has 0 amide bonds. The van der Waals surface area contributed by atoms with Gasteiger partial charge < -0.3 is 21.4 Å². The van der Waals surface area contributed by atoms with Crippen molar-refractivity contribution in [1.29, 1.82) is 0 Å². The monoisotopic (exact) mass is 430 g/mol. The summed E-state index contributed by atoms with van der Waals surface area (Å²) in [6.07, 6.45) is 0. The van der Waals surface area contributed by atoms with Crippen molar-refractivity contribution in [3.8, 4) is 0 Å². The molecular weight excluding hydrogens is 423 g/mol. The Hall–Kier alpha value is 0.942. The third kappa shape index (κ3) is 47.3. The van der Waals surface area contributed by atoms with Crippen molar-refractivity contribution in [3.63, 3.8) is 0 Å². The fourth-order valence-corrected chi connectivity index (χ4v) is 0.856. The summed E-state index contributed by atoms with van der Waals surface area (Å²) in [5.41, 5.74) is 0. The second-order valence-electron chi connectivity index (χ2n) is 0.979. The predicted molar refractivity (Wildman–Crippen MR) is 51.6 cm³/mol. The Morgan fingerprint density at radius 1 is 0.765 bits per heavy atom. The summed E-state index contributed by atoms with van der Waals surface area (Å²) in [5, 5.41) is 0. The maximum Gasteiger partial charge on any atom is 2.00 e. The van der Waals surface area contributed by atoms with Gasteiger partial charge in [-0.3, -0.25) is 9.11 Å². The summed E-state index contributed by atoms with van der Waals surface area (Å²) in [5.74, 6) is 0. The largest absolute Gasteiger partial charge is 2.00 e. The van der Waals surface area contributed by atoms with Crippen LogP contribution >= 0.6 is 0 Å². The molecule has 17 heavy (non-hydrogen) atoms. The molecule has 0 aliphatic heterocycles. The van der Waals surface area contributed by atoms with Crippen LogP contribution in [0.1, 0.15) is 0 Å². The van der Waals surface area contributed by atoms with Gasteiger partial charge in [0.2, 0.25) is 0 Å². The van der Waals surface area contributed by atoms with Gasteiger partial charge >= 0.3 is 43.1 Å². The van der Waals surface area contributed by atoms with Crippen LogP contribution in [0.3, 0.4) is 0 Å². The molecule has 0 fully saturated rings. The minimum absolute atomic E-state index is 0. The van der Waals surface area contributed by atoms with Gasteiger partial charge in [-0.05, 0) is 0 Å². The maximum absolute atomic E-state index is 9.35. The van der Waals surface area contributed by atoms with Crippen molar-refractivity contribution < 1.29 is 62.7 Å². The average molecular weight is 431 g/mol. The van der Waals surface area contributed by atoms with E-state index in [4.69, 9.17) is 9.11 Å². The molecule has 12 nitrogen and oxygen atoms in total. The number of hydrogen-bond donors (Lipinski definition) is 4. The molecule has 0 rings (SSSR count). The quantitative estimate of drug-likeness (QED) is 0.284. The zero-order valence-electron chi connectivity index (χ0n) is 7.52. The number of rotatable bonds is 4. The van der Waals surface area contributed by atoms with Gasteiger partial charge in [-0.2, -0.15) is 8.42 Å². The van der Waals surface area contributed by atoms with Gasteiger partial charge in [0.1, 0.15) is 0 Å². The van der Waals surface area contributed by atoms with E-state index in [0.717, 1.165) is 0 Å². The molecule has 0 bridgehead atoms. The second kappa shape index (κ2) is 19.3. The SMILES string of the molecule is N.N.O=S(O)OS(=O)O.O=S([O-])OS(=O)[O-].[Pd+2]. The van der Waals surface area contributed by atoms with Crippen molar-refractivity contribution >= 4 is 45.4 Å². The first-order valence-corrected chi connectivity index (χ1v) is 6.10. The van der Waals surface area contributed by atoms with Crippen molar-refractivity contribution in [1.82, 2.24) is 12.3 Å². The zero-order chi connectivity index (χ0) is 11.7. The molecule has 0 saturated heterocycles. The molecule has 112 valence electrons. The second-order valence-corrected chi connectivity index (χ2v) is 3.75. The van der Waals surface area contributed by atoms with Crippen LogP contribution in [0.25, 0.3) is 0 Å². The topological polar surface area (TPSA) is 243 Å². The van der Waals surface area contributed by atoms with Crippen molar-refractivity contribution in [2.24, 2.45) is 0 Å². The molecule has 0 atom stereocenters. The first kappa shape index (κ1) is 30.7. The van der Waals surface area contributed by atoms with E-state index >= 15 is 0 Å². The van der Waals surface area contributed by atoms with Crippen LogP contribution in [-0.2, 0) is 73.1 Å². The molecule has 0 radical (unpaired) electrons. The van der Waals surface area contributed by atoms with Gasteiger partial charge in [0.05, 0.1) is 22.7 Å². The summed E-state index contributed by atoms with van der Waals surface area (Å²) in [7, 11) is 0. The van der Waals surface area contributed by atoms with E-state index in [1.54, 1.807) is 0 Å². The minimum Gasteiger partial charge on any atom is -0.749 e. The molecule has 0 aliphatic carbocycles. The van der Waals surface area contributed by atoms with Crippen LogP contribution in [0.5, 0.6) is 0 Å². The summed E-state index contributed by atoms with van der Waals surface area (Å²) in [4.78, 5) is 0. The van der Waals surface area contributed by atoms with Crippen LogP contribution in [0, 0.1) is 0 Å². The molecule has 0 saturated carbocycles. The van der Waals surface area contributed by atoms with Crippen LogP contribution in [0.15, 0.2) is 0 Å². The summed E-state index contributed by atoms with van der Waals surface area (Å²) in [6, 6.07) is 0. The fraction of sp³-hybridized carbons (Fsp3) is 0. The Morgan fingerprint density at radius 2 is 1.00 bits per heavy atom. The third-order valence-corrected chi connectivity index (χ3v) is 2.05.